The van der Waals surface area contributed by atoms with E-state index in [1.54, 1.807) is 18.4 Å². The maximum absolute atomic E-state index is 5.52. The largest absolute Gasteiger partial charge is 0.378 e. The molecule has 13 heavy (non-hydrogen) atoms. The van der Waals surface area contributed by atoms with Gasteiger partial charge in [0.1, 0.15) is 5.01 Å². The Bertz CT molecular complexity index is 293. The van der Waals surface area contributed by atoms with Crippen molar-refractivity contribution in [1.29, 1.82) is 0 Å². The van der Waals surface area contributed by atoms with Crippen LogP contribution in [-0.2, 0) is 11.2 Å². The van der Waals surface area contributed by atoms with Gasteiger partial charge in [0.2, 0.25) is 0 Å². The van der Waals surface area contributed by atoms with Crippen molar-refractivity contribution in [2.24, 2.45) is 0 Å². The van der Waals surface area contributed by atoms with E-state index in [2.05, 4.69) is 32.8 Å². The zero-order chi connectivity index (χ0) is 9.31. The van der Waals surface area contributed by atoms with Gasteiger partial charge in [-0.05, 0) is 41.9 Å². The molecule has 0 radical (unpaired) electrons. The molecule has 0 atom stereocenters. The third kappa shape index (κ3) is 2.02. The van der Waals surface area contributed by atoms with Crippen LogP contribution in [0, 0.1) is 3.01 Å². The number of hydrogen-bond acceptors (Lipinski definition) is 4. The number of halogens is 1. The lowest BCUT2D eigenvalue weighted by Crippen LogP contribution is -2.41. The molecule has 1 aliphatic carbocycles. The first-order valence-electron chi connectivity index (χ1n) is 4.27. The quantitative estimate of drug-likeness (QED) is 0.803. The van der Waals surface area contributed by atoms with Gasteiger partial charge in [-0.1, -0.05) is 11.3 Å². The van der Waals surface area contributed by atoms with E-state index in [4.69, 9.17) is 4.74 Å². The molecule has 0 saturated heterocycles. The van der Waals surface area contributed by atoms with Crippen LogP contribution in [0.4, 0.5) is 0 Å². The second-order valence-corrected chi connectivity index (χ2v) is 6.18. The Balaban J connectivity index is 2.04. The number of hydrogen-bond donors (Lipinski definition) is 0. The summed E-state index contributed by atoms with van der Waals surface area (Å²) in [5.41, 5.74) is 0.0859. The summed E-state index contributed by atoms with van der Waals surface area (Å²) < 4.78 is 6.54. The van der Waals surface area contributed by atoms with Crippen LogP contribution in [0.15, 0.2) is 0 Å². The molecule has 0 bridgehead atoms. The fraction of sp³-hybridized carbons (Fsp3) is 0.750. The van der Waals surface area contributed by atoms with E-state index in [-0.39, 0.29) is 5.60 Å². The molecule has 72 valence electrons. The maximum Gasteiger partial charge on any atom is 0.178 e. The summed E-state index contributed by atoms with van der Waals surface area (Å²) in [5, 5.41) is 9.21. The standard InChI is InChI=1S/C8H11IN2OS/c1-12-8(3-2-4-8)5-6-10-11-7(9)13-6/h2-5H2,1H3. The van der Waals surface area contributed by atoms with Gasteiger partial charge in [-0.2, -0.15) is 0 Å². The van der Waals surface area contributed by atoms with Gasteiger partial charge in [-0.15, -0.1) is 10.2 Å². The van der Waals surface area contributed by atoms with Crippen molar-refractivity contribution in [3.63, 3.8) is 0 Å². The molecule has 1 saturated carbocycles. The van der Waals surface area contributed by atoms with Crippen molar-refractivity contribution in [2.45, 2.75) is 31.3 Å². The van der Waals surface area contributed by atoms with Crippen molar-refractivity contribution in [3.05, 3.63) is 8.02 Å². The number of aromatic nitrogens is 2. The van der Waals surface area contributed by atoms with Crippen LogP contribution in [0.3, 0.4) is 0 Å². The first-order valence-corrected chi connectivity index (χ1v) is 6.17. The fourth-order valence-electron chi connectivity index (χ4n) is 1.60. The van der Waals surface area contributed by atoms with Crippen LogP contribution in [0.25, 0.3) is 0 Å². The lowest BCUT2D eigenvalue weighted by Gasteiger charge is -2.39. The molecule has 2 rings (SSSR count). The topological polar surface area (TPSA) is 35.0 Å². The van der Waals surface area contributed by atoms with Crippen LogP contribution in [0.2, 0.25) is 0 Å². The molecule has 1 aromatic rings. The Morgan fingerprint density at radius 2 is 2.31 bits per heavy atom. The van der Waals surface area contributed by atoms with Crippen LogP contribution in [-0.4, -0.2) is 22.9 Å². The lowest BCUT2D eigenvalue weighted by molar-refractivity contribution is -0.0709. The summed E-state index contributed by atoms with van der Waals surface area (Å²) in [6.07, 6.45) is 4.55. The monoisotopic (exact) mass is 310 g/mol. The second kappa shape index (κ2) is 3.78. The van der Waals surface area contributed by atoms with Crippen molar-refractivity contribution in [1.82, 2.24) is 10.2 Å². The van der Waals surface area contributed by atoms with Gasteiger partial charge in [0.15, 0.2) is 3.01 Å². The average molecular weight is 310 g/mol. The predicted molar refractivity (Wildman–Crippen MR) is 59.9 cm³/mol. The van der Waals surface area contributed by atoms with E-state index >= 15 is 0 Å². The van der Waals surface area contributed by atoms with E-state index in [9.17, 15) is 0 Å². The van der Waals surface area contributed by atoms with Gasteiger partial charge < -0.3 is 4.74 Å². The van der Waals surface area contributed by atoms with Crippen LogP contribution < -0.4 is 0 Å². The average Bonchev–Trinajstić information content (AvgIpc) is 2.44. The minimum absolute atomic E-state index is 0.0859. The first-order chi connectivity index (χ1) is 6.24. The highest BCUT2D eigenvalue weighted by atomic mass is 127. The zero-order valence-corrected chi connectivity index (χ0v) is 10.4. The van der Waals surface area contributed by atoms with Gasteiger partial charge >= 0.3 is 0 Å². The SMILES string of the molecule is COC1(Cc2nnc(I)s2)CCC1. The third-order valence-electron chi connectivity index (χ3n) is 2.61. The Morgan fingerprint density at radius 3 is 2.69 bits per heavy atom. The van der Waals surface area contributed by atoms with E-state index < -0.39 is 0 Å². The molecule has 1 aliphatic rings. The van der Waals surface area contributed by atoms with Gasteiger partial charge in [0, 0.05) is 13.5 Å². The Hall–Kier alpha value is 0.250. The van der Waals surface area contributed by atoms with E-state index in [0.29, 0.717) is 0 Å². The van der Waals surface area contributed by atoms with Gasteiger partial charge in [0.05, 0.1) is 5.60 Å². The molecular formula is C8H11IN2OS. The van der Waals surface area contributed by atoms with Gasteiger partial charge in [-0.3, -0.25) is 0 Å². The van der Waals surface area contributed by atoms with E-state index in [0.717, 1.165) is 14.4 Å². The third-order valence-corrected chi connectivity index (χ3v) is 4.20. The van der Waals surface area contributed by atoms with Crippen LogP contribution in [0.1, 0.15) is 24.3 Å². The molecule has 1 fully saturated rings. The van der Waals surface area contributed by atoms with Crippen molar-refractivity contribution in [2.75, 3.05) is 7.11 Å². The number of methoxy groups -OCH3 is 1. The molecule has 1 heterocycles. The van der Waals surface area contributed by atoms with Crippen LogP contribution >= 0.6 is 33.9 Å². The molecule has 0 aromatic carbocycles. The molecule has 0 aliphatic heterocycles. The summed E-state index contributed by atoms with van der Waals surface area (Å²) in [4.78, 5) is 0. The summed E-state index contributed by atoms with van der Waals surface area (Å²) in [6.45, 7) is 0. The smallest absolute Gasteiger partial charge is 0.178 e. The Kier molecular flexibility index (Phi) is 2.85. The van der Waals surface area contributed by atoms with Gasteiger partial charge in [0.25, 0.3) is 0 Å². The predicted octanol–water partition coefficient (Wildman–Crippen LogP) is 2.25. The lowest BCUT2D eigenvalue weighted by atomic mass is 9.78. The number of nitrogens with zero attached hydrogens (tertiary/aromatic N) is 2. The van der Waals surface area contributed by atoms with Gasteiger partial charge in [-0.25, -0.2) is 0 Å². The minimum atomic E-state index is 0.0859. The highest BCUT2D eigenvalue weighted by molar-refractivity contribution is 14.1. The molecule has 5 heteroatoms. The highest BCUT2D eigenvalue weighted by Crippen LogP contribution is 2.38. The maximum atomic E-state index is 5.52. The molecule has 1 aromatic heterocycles. The Morgan fingerprint density at radius 1 is 1.54 bits per heavy atom. The molecule has 0 N–H and O–H groups in total. The van der Waals surface area contributed by atoms with Crippen LogP contribution in [0.5, 0.6) is 0 Å². The molecule has 0 amide bonds. The molecule has 0 unspecified atom stereocenters. The molecule has 3 nitrogen and oxygen atoms in total. The number of ether oxygens (including phenoxy) is 1. The Labute approximate surface area is 95.0 Å². The van der Waals surface area contributed by atoms with Crippen molar-refractivity contribution >= 4 is 33.9 Å². The van der Waals surface area contributed by atoms with Crippen molar-refractivity contribution in [3.8, 4) is 0 Å². The fourth-order valence-corrected chi connectivity index (χ4v) is 3.17. The van der Waals surface area contributed by atoms with Crippen molar-refractivity contribution < 1.29 is 4.74 Å². The van der Waals surface area contributed by atoms with E-state index in [1.807, 2.05) is 0 Å². The highest BCUT2D eigenvalue weighted by Gasteiger charge is 2.38. The second-order valence-electron chi connectivity index (χ2n) is 3.37. The molecular weight excluding hydrogens is 299 g/mol. The summed E-state index contributed by atoms with van der Waals surface area (Å²) >= 11 is 3.86. The summed E-state index contributed by atoms with van der Waals surface area (Å²) in [5.74, 6) is 0. The summed E-state index contributed by atoms with van der Waals surface area (Å²) in [6, 6.07) is 0. The normalized spacial score (nSPS) is 19.8. The van der Waals surface area contributed by atoms with E-state index in [1.165, 1.54) is 19.3 Å². The first kappa shape index (κ1) is 9.79. The molecule has 0 spiro atoms. The minimum Gasteiger partial charge on any atom is -0.378 e. The zero-order valence-electron chi connectivity index (χ0n) is 7.42. The number of rotatable bonds is 3. The summed E-state index contributed by atoms with van der Waals surface area (Å²) in [7, 11) is 1.80.